The number of carboxylic acids is 1. The Morgan fingerprint density at radius 2 is 1.88 bits per heavy atom. The van der Waals surface area contributed by atoms with Crippen LogP contribution in [-0.4, -0.2) is 23.0 Å². The quantitative estimate of drug-likeness (QED) is 0.846. The molecule has 0 aliphatic heterocycles. The summed E-state index contributed by atoms with van der Waals surface area (Å²) in [5.74, 6) is -3.64. The summed E-state index contributed by atoms with van der Waals surface area (Å²) >= 11 is 0. The molecule has 2 unspecified atom stereocenters. The van der Waals surface area contributed by atoms with Crippen molar-refractivity contribution in [2.24, 2.45) is 5.92 Å². The van der Waals surface area contributed by atoms with E-state index in [-0.39, 0.29) is 12.0 Å². The maximum Gasteiger partial charge on any atom is 0.326 e. The Morgan fingerprint density at radius 3 is 2.56 bits per heavy atom. The summed E-state index contributed by atoms with van der Waals surface area (Å²) in [7, 11) is 0. The monoisotopic (exact) mass is 345 g/mol. The minimum atomic E-state index is -1.13. The molecule has 1 saturated carbocycles. The smallest absolute Gasteiger partial charge is 0.326 e. The molecule has 3 rings (SSSR count). The summed E-state index contributed by atoms with van der Waals surface area (Å²) in [5, 5.41) is 11.8. The lowest BCUT2D eigenvalue weighted by atomic mass is 10.0. The molecule has 2 aromatic rings. The van der Waals surface area contributed by atoms with Crippen LogP contribution >= 0.6 is 0 Å². The van der Waals surface area contributed by atoms with E-state index in [9.17, 15) is 23.5 Å². The van der Waals surface area contributed by atoms with Gasteiger partial charge in [0.05, 0.1) is 0 Å². The number of halogens is 2. The Bertz CT molecular complexity index is 795. The Balaban J connectivity index is 1.65. The Morgan fingerprint density at radius 1 is 1.16 bits per heavy atom. The standard InChI is InChI=1S/C19H17F2NO3/c20-12-6-7-16(21)14(9-12)13-10-15(13)18(23)22-17(19(24)25)8-11-4-2-1-3-5-11/h1-7,9,13,15,17H,8,10H2,(H,22,23)(H,24,25)/t13?,15?,17-/m1/s1. The van der Waals surface area contributed by atoms with E-state index in [0.29, 0.717) is 6.42 Å². The molecule has 0 saturated heterocycles. The normalized spacial score (nSPS) is 19.9. The molecule has 25 heavy (non-hydrogen) atoms. The van der Waals surface area contributed by atoms with Crippen molar-refractivity contribution in [3.05, 3.63) is 71.3 Å². The lowest BCUT2D eigenvalue weighted by Crippen LogP contribution is -2.43. The lowest BCUT2D eigenvalue weighted by molar-refractivity contribution is -0.142. The number of hydrogen-bond donors (Lipinski definition) is 2. The summed E-state index contributed by atoms with van der Waals surface area (Å²) in [4.78, 5) is 23.7. The number of benzene rings is 2. The zero-order valence-electron chi connectivity index (χ0n) is 13.3. The second kappa shape index (κ2) is 7.01. The van der Waals surface area contributed by atoms with E-state index in [1.54, 1.807) is 24.3 Å². The van der Waals surface area contributed by atoms with Gasteiger partial charge in [0.25, 0.3) is 0 Å². The number of carbonyl (C=O) groups is 2. The van der Waals surface area contributed by atoms with E-state index in [1.807, 2.05) is 6.07 Å². The molecular formula is C19H17F2NO3. The van der Waals surface area contributed by atoms with Crippen LogP contribution in [0.3, 0.4) is 0 Å². The van der Waals surface area contributed by atoms with Gasteiger partial charge < -0.3 is 10.4 Å². The molecule has 4 nitrogen and oxygen atoms in total. The van der Waals surface area contributed by atoms with Crippen molar-refractivity contribution in [2.45, 2.75) is 24.8 Å². The predicted molar refractivity (Wildman–Crippen MR) is 86.9 cm³/mol. The number of aliphatic carboxylic acids is 1. The van der Waals surface area contributed by atoms with Crippen molar-refractivity contribution in [3.63, 3.8) is 0 Å². The highest BCUT2D eigenvalue weighted by Crippen LogP contribution is 2.48. The highest BCUT2D eigenvalue weighted by Gasteiger charge is 2.46. The molecule has 1 fully saturated rings. The topological polar surface area (TPSA) is 66.4 Å². The first kappa shape index (κ1) is 17.1. The van der Waals surface area contributed by atoms with Crippen molar-refractivity contribution in [3.8, 4) is 0 Å². The van der Waals surface area contributed by atoms with Gasteiger partial charge in [-0.3, -0.25) is 4.79 Å². The summed E-state index contributed by atoms with van der Waals surface area (Å²) in [5.41, 5.74) is 0.953. The zero-order chi connectivity index (χ0) is 18.0. The number of carbonyl (C=O) groups excluding carboxylic acids is 1. The molecule has 0 heterocycles. The van der Waals surface area contributed by atoms with Crippen LogP contribution < -0.4 is 5.32 Å². The van der Waals surface area contributed by atoms with E-state index in [0.717, 1.165) is 23.8 Å². The van der Waals surface area contributed by atoms with Gasteiger partial charge in [0.15, 0.2) is 0 Å². The van der Waals surface area contributed by atoms with Crippen LogP contribution in [0.2, 0.25) is 0 Å². The Hall–Kier alpha value is -2.76. The highest BCUT2D eigenvalue weighted by molar-refractivity contribution is 5.87. The lowest BCUT2D eigenvalue weighted by Gasteiger charge is -2.15. The first-order chi connectivity index (χ1) is 12.0. The van der Waals surface area contributed by atoms with Gasteiger partial charge in [-0.1, -0.05) is 30.3 Å². The minimum absolute atomic E-state index is 0.160. The van der Waals surface area contributed by atoms with Crippen molar-refractivity contribution in [1.29, 1.82) is 0 Å². The fourth-order valence-corrected chi connectivity index (χ4v) is 2.96. The van der Waals surface area contributed by atoms with E-state index in [2.05, 4.69) is 5.32 Å². The van der Waals surface area contributed by atoms with Gasteiger partial charge >= 0.3 is 5.97 Å². The van der Waals surface area contributed by atoms with Crippen molar-refractivity contribution in [2.75, 3.05) is 0 Å². The fraction of sp³-hybridized carbons (Fsp3) is 0.263. The van der Waals surface area contributed by atoms with Gasteiger partial charge in [-0.05, 0) is 41.7 Å². The molecule has 0 aromatic heterocycles. The first-order valence-corrected chi connectivity index (χ1v) is 7.97. The Kier molecular flexibility index (Phi) is 4.79. The van der Waals surface area contributed by atoms with Crippen LogP contribution in [0.25, 0.3) is 0 Å². The molecule has 1 aliphatic carbocycles. The maximum atomic E-state index is 13.8. The SMILES string of the molecule is O=C(N[C@H](Cc1ccccc1)C(=O)O)C1CC1c1cc(F)ccc1F. The second-order valence-electron chi connectivity index (χ2n) is 6.20. The minimum Gasteiger partial charge on any atom is -0.480 e. The molecule has 6 heteroatoms. The number of rotatable bonds is 6. The number of carboxylic acid groups (broad SMARTS) is 1. The summed E-state index contributed by atoms with van der Waals surface area (Å²) in [6.45, 7) is 0. The third kappa shape index (κ3) is 4.02. The van der Waals surface area contributed by atoms with Crippen LogP contribution in [0.15, 0.2) is 48.5 Å². The number of hydrogen-bond acceptors (Lipinski definition) is 2. The molecule has 0 spiro atoms. The van der Waals surface area contributed by atoms with Crippen LogP contribution in [0.4, 0.5) is 8.78 Å². The van der Waals surface area contributed by atoms with Gasteiger partial charge in [0, 0.05) is 12.3 Å². The molecular weight excluding hydrogens is 328 g/mol. The van der Waals surface area contributed by atoms with E-state index in [1.165, 1.54) is 0 Å². The van der Waals surface area contributed by atoms with Gasteiger partial charge in [-0.25, -0.2) is 13.6 Å². The third-order valence-electron chi connectivity index (χ3n) is 4.38. The molecule has 2 aromatic carbocycles. The molecule has 0 bridgehead atoms. The summed E-state index contributed by atoms with van der Waals surface area (Å²) in [6.07, 6.45) is 0.539. The highest BCUT2D eigenvalue weighted by atomic mass is 19.1. The van der Waals surface area contributed by atoms with Gasteiger partial charge in [-0.15, -0.1) is 0 Å². The molecule has 3 atom stereocenters. The summed E-state index contributed by atoms with van der Waals surface area (Å²) < 4.78 is 27.1. The van der Waals surface area contributed by atoms with Gasteiger partial charge in [0.2, 0.25) is 5.91 Å². The molecule has 2 N–H and O–H groups in total. The fourth-order valence-electron chi connectivity index (χ4n) is 2.96. The number of amides is 1. The van der Waals surface area contributed by atoms with E-state index >= 15 is 0 Å². The van der Waals surface area contributed by atoms with Gasteiger partial charge in [0.1, 0.15) is 17.7 Å². The molecule has 0 radical (unpaired) electrons. The molecule has 1 aliphatic rings. The average molecular weight is 345 g/mol. The van der Waals surface area contributed by atoms with Crippen molar-refractivity contribution >= 4 is 11.9 Å². The van der Waals surface area contributed by atoms with Crippen LogP contribution in [0.5, 0.6) is 0 Å². The van der Waals surface area contributed by atoms with Crippen LogP contribution in [0.1, 0.15) is 23.5 Å². The first-order valence-electron chi connectivity index (χ1n) is 7.97. The van der Waals surface area contributed by atoms with E-state index in [4.69, 9.17) is 0 Å². The number of nitrogens with one attached hydrogen (secondary N) is 1. The van der Waals surface area contributed by atoms with Crippen molar-refractivity contribution < 1.29 is 23.5 Å². The zero-order valence-corrected chi connectivity index (χ0v) is 13.3. The van der Waals surface area contributed by atoms with Crippen LogP contribution in [-0.2, 0) is 16.0 Å². The predicted octanol–water partition coefficient (Wildman–Crippen LogP) is 2.88. The molecule has 1 amide bonds. The summed E-state index contributed by atoms with van der Waals surface area (Å²) in [6, 6.07) is 11.1. The molecule has 130 valence electrons. The van der Waals surface area contributed by atoms with E-state index < -0.39 is 41.4 Å². The van der Waals surface area contributed by atoms with Crippen molar-refractivity contribution in [1.82, 2.24) is 5.32 Å². The second-order valence-corrected chi connectivity index (χ2v) is 6.20. The average Bonchev–Trinajstić information content (AvgIpc) is 3.38. The van der Waals surface area contributed by atoms with Crippen LogP contribution in [0, 0.1) is 17.6 Å². The third-order valence-corrected chi connectivity index (χ3v) is 4.38. The largest absolute Gasteiger partial charge is 0.480 e. The van der Waals surface area contributed by atoms with Gasteiger partial charge in [-0.2, -0.15) is 0 Å². The maximum absolute atomic E-state index is 13.8. The Labute approximate surface area is 143 Å².